The van der Waals surface area contributed by atoms with Crippen molar-refractivity contribution in [3.63, 3.8) is 0 Å². The second-order valence-corrected chi connectivity index (χ2v) is 7.25. The molecule has 2 aliphatic heterocycles. The number of carbonyl (C=O) groups is 2. The molecule has 146 valence electrons. The Morgan fingerprint density at radius 2 is 1.89 bits per heavy atom. The van der Waals surface area contributed by atoms with Crippen molar-refractivity contribution in [3.8, 4) is 0 Å². The summed E-state index contributed by atoms with van der Waals surface area (Å²) in [6.07, 6.45) is 1.04. The highest BCUT2D eigenvalue weighted by Gasteiger charge is 2.26. The third-order valence-electron chi connectivity index (χ3n) is 5.36. The second kappa shape index (κ2) is 7.10. The van der Waals surface area contributed by atoms with Crippen LogP contribution in [-0.4, -0.2) is 53.0 Å². The summed E-state index contributed by atoms with van der Waals surface area (Å²) in [5.74, 6) is 0.498. The number of urea groups is 1. The maximum absolute atomic E-state index is 13.1. The molecule has 1 fully saturated rings. The number of anilines is 1. The van der Waals surface area contributed by atoms with E-state index in [-0.39, 0.29) is 17.5 Å². The zero-order chi connectivity index (χ0) is 19.8. The van der Waals surface area contributed by atoms with Gasteiger partial charge >= 0.3 is 6.03 Å². The molecule has 8 heteroatoms. The van der Waals surface area contributed by atoms with E-state index in [0.29, 0.717) is 56.0 Å². The van der Waals surface area contributed by atoms with Gasteiger partial charge in [-0.05, 0) is 38.0 Å². The van der Waals surface area contributed by atoms with Crippen LogP contribution in [0.4, 0.5) is 10.5 Å². The standard InChI is InChI=1S/C20H23N5O3/c1-12-3-4-14(11-17(12)25-10-7-21-20(25)28)19(27)24-8-5-15-16(6-9-24)22-13(2)23-18(15)26/h3-4,11H,5-10H2,1-2H3,(H,21,28)(H,22,23,26). The van der Waals surface area contributed by atoms with Gasteiger partial charge in [0.05, 0.1) is 5.69 Å². The van der Waals surface area contributed by atoms with Gasteiger partial charge in [-0.25, -0.2) is 9.78 Å². The number of aromatic amines is 1. The van der Waals surface area contributed by atoms with Crippen LogP contribution >= 0.6 is 0 Å². The molecular weight excluding hydrogens is 358 g/mol. The van der Waals surface area contributed by atoms with E-state index in [2.05, 4.69) is 15.3 Å². The normalized spacial score (nSPS) is 16.6. The lowest BCUT2D eigenvalue weighted by atomic mass is 10.1. The van der Waals surface area contributed by atoms with E-state index >= 15 is 0 Å². The number of nitrogens with one attached hydrogen (secondary N) is 2. The lowest BCUT2D eigenvalue weighted by molar-refractivity contribution is 0.0763. The first-order valence-corrected chi connectivity index (χ1v) is 9.48. The van der Waals surface area contributed by atoms with E-state index in [1.54, 1.807) is 28.9 Å². The van der Waals surface area contributed by atoms with Crippen molar-refractivity contribution in [1.82, 2.24) is 20.2 Å². The Balaban J connectivity index is 1.58. The Bertz CT molecular complexity index is 1010. The largest absolute Gasteiger partial charge is 0.338 e. The van der Waals surface area contributed by atoms with Gasteiger partial charge < -0.3 is 15.2 Å². The highest BCUT2D eigenvalue weighted by Crippen LogP contribution is 2.24. The van der Waals surface area contributed by atoms with Crippen LogP contribution in [0.3, 0.4) is 0 Å². The van der Waals surface area contributed by atoms with E-state index in [4.69, 9.17) is 0 Å². The average Bonchev–Trinajstić information content (AvgIpc) is 2.96. The maximum atomic E-state index is 13.1. The van der Waals surface area contributed by atoms with E-state index in [1.165, 1.54) is 0 Å². The predicted molar refractivity (Wildman–Crippen MR) is 105 cm³/mol. The number of fused-ring (bicyclic) bond motifs is 1. The Kier molecular flexibility index (Phi) is 4.62. The fourth-order valence-electron chi connectivity index (χ4n) is 3.85. The summed E-state index contributed by atoms with van der Waals surface area (Å²) >= 11 is 0. The molecule has 28 heavy (non-hydrogen) atoms. The molecule has 0 radical (unpaired) electrons. The summed E-state index contributed by atoms with van der Waals surface area (Å²) in [6.45, 7) is 5.85. The van der Waals surface area contributed by atoms with Crippen molar-refractivity contribution in [3.05, 3.63) is 56.8 Å². The van der Waals surface area contributed by atoms with Gasteiger partial charge in [-0.1, -0.05) is 6.07 Å². The summed E-state index contributed by atoms with van der Waals surface area (Å²) in [5.41, 5.74) is 3.57. The van der Waals surface area contributed by atoms with Crippen LogP contribution in [0.5, 0.6) is 0 Å². The van der Waals surface area contributed by atoms with Gasteiger partial charge in [0.25, 0.3) is 11.5 Å². The first-order valence-electron chi connectivity index (χ1n) is 9.48. The molecule has 1 saturated heterocycles. The van der Waals surface area contributed by atoms with Crippen LogP contribution in [0, 0.1) is 13.8 Å². The Morgan fingerprint density at radius 3 is 2.64 bits per heavy atom. The molecule has 3 heterocycles. The van der Waals surface area contributed by atoms with Crippen LogP contribution in [-0.2, 0) is 12.8 Å². The highest BCUT2D eigenvalue weighted by atomic mass is 16.2. The average molecular weight is 381 g/mol. The topological polar surface area (TPSA) is 98.4 Å². The first-order chi connectivity index (χ1) is 13.4. The zero-order valence-electron chi connectivity index (χ0n) is 16.0. The van der Waals surface area contributed by atoms with Crippen LogP contribution in [0.25, 0.3) is 0 Å². The number of hydrogen-bond donors (Lipinski definition) is 2. The number of aromatic nitrogens is 2. The number of hydrogen-bond acceptors (Lipinski definition) is 4. The maximum Gasteiger partial charge on any atom is 0.322 e. The minimum absolute atomic E-state index is 0.0955. The number of benzene rings is 1. The van der Waals surface area contributed by atoms with E-state index in [0.717, 1.165) is 16.9 Å². The van der Waals surface area contributed by atoms with Crippen molar-refractivity contribution in [2.75, 3.05) is 31.1 Å². The third kappa shape index (κ3) is 3.26. The number of nitrogens with zero attached hydrogens (tertiary/aromatic N) is 3. The molecule has 8 nitrogen and oxygen atoms in total. The number of carbonyl (C=O) groups excluding carboxylic acids is 2. The fourth-order valence-corrected chi connectivity index (χ4v) is 3.85. The predicted octanol–water partition coefficient (Wildman–Crippen LogP) is 1.16. The highest BCUT2D eigenvalue weighted by molar-refractivity contribution is 5.99. The second-order valence-electron chi connectivity index (χ2n) is 7.25. The third-order valence-corrected chi connectivity index (χ3v) is 5.36. The molecule has 4 rings (SSSR count). The molecule has 0 atom stereocenters. The molecular formula is C20H23N5O3. The van der Waals surface area contributed by atoms with Crippen LogP contribution in [0.1, 0.15) is 33.0 Å². The van der Waals surface area contributed by atoms with Gasteiger partial charge in [0.1, 0.15) is 5.82 Å². The van der Waals surface area contributed by atoms with Crippen molar-refractivity contribution in [1.29, 1.82) is 0 Å². The molecule has 2 N–H and O–H groups in total. The van der Waals surface area contributed by atoms with Gasteiger partial charge in [-0.2, -0.15) is 0 Å². The summed E-state index contributed by atoms with van der Waals surface area (Å²) in [7, 11) is 0. The van der Waals surface area contributed by atoms with Gasteiger partial charge in [0, 0.05) is 49.4 Å². The van der Waals surface area contributed by atoms with E-state index in [1.807, 2.05) is 13.0 Å². The molecule has 0 unspecified atom stereocenters. The SMILES string of the molecule is Cc1nc2c(c(=O)[nH]1)CCN(C(=O)c1ccc(C)c(N3CCNC3=O)c1)CC2. The summed E-state index contributed by atoms with van der Waals surface area (Å²) < 4.78 is 0. The van der Waals surface area contributed by atoms with Gasteiger partial charge in [-0.15, -0.1) is 0 Å². The van der Waals surface area contributed by atoms with E-state index in [9.17, 15) is 14.4 Å². The summed E-state index contributed by atoms with van der Waals surface area (Å²) in [4.78, 5) is 47.9. The van der Waals surface area contributed by atoms with Crippen LogP contribution < -0.4 is 15.8 Å². The summed E-state index contributed by atoms with van der Waals surface area (Å²) in [5, 5.41) is 2.79. The first kappa shape index (κ1) is 18.2. The monoisotopic (exact) mass is 381 g/mol. The Hall–Kier alpha value is -3.16. The van der Waals surface area contributed by atoms with Crippen LogP contribution in [0.15, 0.2) is 23.0 Å². The minimum atomic E-state index is -0.140. The van der Waals surface area contributed by atoms with Crippen LogP contribution in [0.2, 0.25) is 0 Å². The number of amides is 3. The smallest absolute Gasteiger partial charge is 0.322 e. The number of H-pyrrole nitrogens is 1. The lowest BCUT2D eigenvalue weighted by Gasteiger charge is -2.22. The molecule has 0 saturated carbocycles. The number of aryl methyl sites for hydroxylation is 2. The molecule has 3 amide bonds. The molecule has 2 aromatic rings. The lowest BCUT2D eigenvalue weighted by Crippen LogP contribution is -2.34. The minimum Gasteiger partial charge on any atom is -0.338 e. The fraction of sp³-hybridized carbons (Fsp3) is 0.400. The quantitative estimate of drug-likeness (QED) is 0.815. The molecule has 2 aliphatic rings. The van der Waals surface area contributed by atoms with Crippen molar-refractivity contribution >= 4 is 17.6 Å². The van der Waals surface area contributed by atoms with E-state index < -0.39 is 0 Å². The molecule has 0 aliphatic carbocycles. The Labute approximate surface area is 162 Å². The molecule has 1 aromatic carbocycles. The van der Waals surface area contributed by atoms with Gasteiger partial charge in [0.15, 0.2) is 0 Å². The molecule has 0 spiro atoms. The molecule has 1 aromatic heterocycles. The Morgan fingerprint density at radius 1 is 1.11 bits per heavy atom. The zero-order valence-corrected chi connectivity index (χ0v) is 16.0. The van der Waals surface area contributed by atoms with Crippen molar-refractivity contribution in [2.24, 2.45) is 0 Å². The van der Waals surface area contributed by atoms with Crippen molar-refractivity contribution < 1.29 is 9.59 Å². The summed E-state index contributed by atoms with van der Waals surface area (Å²) in [6, 6.07) is 5.31. The number of rotatable bonds is 2. The van der Waals surface area contributed by atoms with Gasteiger partial charge in [-0.3, -0.25) is 14.5 Å². The molecule has 0 bridgehead atoms. The van der Waals surface area contributed by atoms with Gasteiger partial charge in [0.2, 0.25) is 0 Å². The van der Waals surface area contributed by atoms with Crippen molar-refractivity contribution in [2.45, 2.75) is 26.7 Å².